The molecule has 7 heteroatoms. The van der Waals surface area contributed by atoms with Crippen LogP contribution in [0.1, 0.15) is 43.0 Å². The largest absolute Gasteiger partial charge is 0.506 e. The smallest absolute Gasteiger partial charge is 0.315 e. The molecule has 0 radical (unpaired) electrons. The number of nitrogens with zero attached hydrogens (tertiary/aromatic N) is 2. The van der Waals surface area contributed by atoms with Crippen LogP contribution in [0.2, 0.25) is 5.02 Å². The highest BCUT2D eigenvalue weighted by atomic mass is 35.5. The van der Waals surface area contributed by atoms with Crippen LogP contribution in [0, 0.1) is 24.0 Å². The van der Waals surface area contributed by atoms with Crippen molar-refractivity contribution in [2.45, 2.75) is 40.0 Å². The molecule has 0 atom stereocenters. The van der Waals surface area contributed by atoms with E-state index in [4.69, 9.17) is 11.6 Å². The van der Waals surface area contributed by atoms with Crippen molar-refractivity contribution in [2.75, 3.05) is 0 Å². The Labute approximate surface area is 156 Å². The Balaban J connectivity index is 2.61. The van der Waals surface area contributed by atoms with E-state index >= 15 is 0 Å². The van der Waals surface area contributed by atoms with Gasteiger partial charge >= 0.3 is 5.69 Å². The van der Waals surface area contributed by atoms with Gasteiger partial charge in [-0.25, -0.2) is 0 Å². The third-order valence-electron chi connectivity index (χ3n) is 4.25. The van der Waals surface area contributed by atoms with Gasteiger partial charge in [0.2, 0.25) is 5.75 Å². The number of benzene rings is 2. The van der Waals surface area contributed by atoms with E-state index in [0.29, 0.717) is 11.3 Å². The third kappa shape index (κ3) is 3.65. The first-order chi connectivity index (χ1) is 11.9. The molecule has 0 aromatic heterocycles. The lowest BCUT2D eigenvalue weighted by molar-refractivity contribution is -0.386. The van der Waals surface area contributed by atoms with Crippen LogP contribution in [0.15, 0.2) is 23.2 Å². The fraction of sp³-hybridized carbons (Fsp3) is 0.316. The molecular weight excluding hydrogens is 356 g/mol. The first-order valence-electron chi connectivity index (χ1n) is 7.98. The molecule has 0 unspecified atom stereocenters. The van der Waals surface area contributed by atoms with E-state index in [-0.39, 0.29) is 27.3 Å². The molecule has 138 valence electrons. The maximum absolute atomic E-state index is 11.2. The van der Waals surface area contributed by atoms with E-state index in [9.17, 15) is 20.3 Å². The summed E-state index contributed by atoms with van der Waals surface area (Å²) < 4.78 is 0. The maximum Gasteiger partial charge on any atom is 0.315 e. The number of hydrogen-bond donors (Lipinski definition) is 2. The zero-order valence-corrected chi connectivity index (χ0v) is 16.0. The lowest BCUT2D eigenvalue weighted by atomic mass is 9.87. The van der Waals surface area contributed by atoms with Gasteiger partial charge in [-0.05, 0) is 42.5 Å². The van der Waals surface area contributed by atoms with Crippen molar-refractivity contribution in [3.8, 4) is 11.5 Å². The Hall–Kier alpha value is -2.60. The summed E-state index contributed by atoms with van der Waals surface area (Å²) in [7, 11) is 0. The number of hydrogen-bond acceptors (Lipinski definition) is 5. The topological polar surface area (TPSA) is 96.0 Å². The van der Waals surface area contributed by atoms with Crippen LogP contribution >= 0.6 is 11.6 Å². The first-order valence-corrected chi connectivity index (χ1v) is 8.36. The highest BCUT2D eigenvalue weighted by molar-refractivity contribution is 6.33. The van der Waals surface area contributed by atoms with Gasteiger partial charge in [0.25, 0.3) is 0 Å². The van der Waals surface area contributed by atoms with Crippen molar-refractivity contribution >= 4 is 29.2 Å². The predicted molar refractivity (Wildman–Crippen MR) is 103 cm³/mol. The molecule has 2 rings (SSSR count). The van der Waals surface area contributed by atoms with Gasteiger partial charge in [-0.2, -0.15) is 0 Å². The molecule has 0 saturated heterocycles. The zero-order valence-electron chi connectivity index (χ0n) is 15.3. The first kappa shape index (κ1) is 19.7. The summed E-state index contributed by atoms with van der Waals surface area (Å²) in [4.78, 5) is 14.8. The average molecular weight is 377 g/mol. The standard InChI is InChI=1S/C19H21ClN2O4/c1-10-13(18(24)17(22(25)26)11(2)16(10)20)9-21-14-8-12(19(3,4)5)6-7-15(14)23/h6-9,23-24H,1-5H3. The minimum Gasteiger partial charge on any atom is -0.506 e. The fourth-order valence-corrected chi connectivity index (χ4v) is 2.79. The summed E-state index contributed by atoms with van der Waals surface area (Å²) >= 11 is 6.18. The molecule has 0 bridgehead atoms. The van der Waals surface area contributed by atoms with E-state index < -0.39 is 16.4 Å². The highest BCUT2D eigenvalue weighted by Crippen LogP contribution is 2.40. The van der Waals surface area contributed by atoms with Crippen molar-refractivity contribution in [3.05, 3.63) is 55.6 Å². The second-order valence-corrected chi connectivity index (χ2v) is 7.52. The molecule has 0 aliphatic rings. The number of phenols is 2. The normalized spacial score (nSPS) is 11.9. The number of nitro groups is 1. The summed E-state index contributed by atoms with van der Waals surface area (Å²) in [6, 6.07) is 5.09. The second-order valence-electron chi connectivity index (χ2n) is 7.14. The van der Waals surface area contributed by atoms with Crippen LogP contribution in [-0.2, 0) is 5.41 Å². The van der Waals surface area contributed by atoms with E-state index in [2.05, 4.69) is 4.99 Å². The molecule has 2 aromatic rings. The van der Waals surface area contributed by atoms with Crippen LogP contribution in [0.25, 0.3) is 0 Å². The molecule has 0 spiro atoms. The van der Waals surface area contributed by atoms with Gasteiger partial charge < -0.3 is 10.2 Å². The molecule has 2 N–H and O–H groups in total. The van der Waals surface area contributed by atoms with Gasteiger partial charge in [-0.3, -0.25) is 15.1 Å². The minimum atomic E-state index is -0.676. The Morgan fingerprint density at radius 2 is 1.81 bits per heavy atom. The van der Waals surface area contributed by atoms with E-state index in [1.54, 1.807) is 19.1 Å². The number of halogens is 1. The van der Waals surface area contributed by atoms with Gasteiger partial charge in [0.1, 0.15) is 11.4 Å². The molecule has 2 aromatic carbocycles. The van der Waals surface area contributed by atoms with Crippen molar-refractivity contribution < 1.29 is 15.1 Å². The molecule has 26 heavy (non-hydrogen) atoms. The molecule has 0 amide bonds. The molecule has 0 aliphatic carbocycles. The van der Waals surface area contributed by atoms with Gasteiger partial charge in [0.15, 0.2) is 0 Å². The molecule has 6 nitrogen and oxygen atoms in total. The Morgan fingerprint density at radius 3 is 2.35 bits per heavy atom. The van der Waals surface area contributed by atoms with Crippen molar-refractivity contribution in [3.63, 3.8) is 0 Å². The summed E-state index contributed by atoms with van der Waals surface area (Å²) in [5, 5.41) is 31.8. The maximum atomic E-state index is 11.2. The number of aliphatic imine (C=N–C) groups is 1. The van der Waals surface area contributed by atoms with Crippen molar-refractivity contribution in [2.24, 2.45) is 4.99 Å². The Kier molecular flexibility index (Phi) is 5.28. The van der Waals surface area contributed by atoms with E-state index in [1.165, 1.54) is 13.1 Å². The van der Waals surface area contributed by atoms with Crippen molar-refractivity contribution in [1.82, 2.24) is 0 Å². The van der Waals surface area contributed by atoms with E-state index in [1.807, 2.05) is 26.8 Å². The summed E-state index contributed by atoms with van der Waals surface area (Å²) in [6.45, 7) is 9.22. The van der Waals surface area contributed by atoms with Crippen LogP contribution in [0.3, 0.4) is 0 Å². The number of nitro benzene ring substituents is 1. The average Bonchev–Trinajstić information content (AvgIpc) is 2.53. The number of phenolic OH excluding ortho intramolecular Hbond substituents is 2. The zero-order chi connectivity index (χ0) is 19.8. The van der Waals surface area contributed by atoms with Crippen LogP contribution < -0.4 is 0 Å². The summed E-state index contributed by atoms with van der Waals surface area (Å²) in [5.74, 6) is -0.524. The molecule has 0 fully saturated rings. The van der Waals surface area contributed by atoms with Gasteiger partial charge in [-0.15, -0.1) is 0 Å². The third-order valence-corrected chi connectivity index (χ3v) is 4.82. The predicted octanol–water partition coefficient (Wildman–Crippen LogP) is 5.32. The van der Waals surface area contributed by atoms with Gasteiger partial charge in [-0.1, -0.05) is 38.4 Å². The van der Waals surface area contributed by atoms with Crippen LogP contribution in [0.5, 0.6) is 11.5 Å². The Morgan fingerprint density at radius 1 is 1.19 bits per heavy atom. The SMILES string of the molecule is Cc1c(Cl)c(C)c([N+](=O)[O-])c(O)c1C=Nc1cc(C(C)(C)C)ccc1O. The van der Waals surface area contributed by atoms with Gasteiger partial charge in [0.05, 0.1) is 9.95 Å². The molecule has 0 aliphatic heterocycles. The van der Waals surface area contributed by atoms with E-state index in [0.717, 1.165) is 5.56 Å². The minimum absolute atomic E-state index is 0.0286. The lowest BCUT2D eigenvalue weighted by Gasteiger charge is -2.19. The quantitative estimate of drug-likeness (QED) is 0.430. The van der Waals surface area contributed by atoms with Crippen LogP contribution in [0.4, 0.5) is 11.4 Å². The fourth-order valence-electron chi connectivity index (χ4n) is 2.60. The number of rotatable bonds is 3. The second kappa shape index (κ2) is 6.96. The van der Waals surface area contributed by atoms with Crippen LogP contribution in [-0.4, -0.2) is 21.4 Å². The lowest BCUT2D eigenvalue weighted by Crippen LogP contribution is -2.10. The summed E-state index contributed by atoms with van der Waals surface area (Å²) in [6.07, 6.45) is 1.28. The summed E-state index contributed by atoms with van der Waals surface area (Å²) in [5.41, 5.74) is 1.50. The molecular formula is C19H21ClN2O4. The van der Waals surface area contributed by atoms with Gasteiger partial charge in [0, 0.05) is 17.3 Å². The molecule has 0 saturated carbocycles. The highest BCUT2D eigenvalue weighted by Gasteiger charge is 2.25. The van der Waals surface area contributed by atoms with Crippen molar-refractivity contribution in [1.29, 1.82) is 0 Å². The number of aromatic hydroxyl groups is 2. The Bertz CT molecular complexity index is 915. The monoisotopic (exact) mass is 376 g/mol. The molecule has 0 heterocycles.